The molecule has 32 heavy (non-hydrogen) atoms. The molecular formula is C26H34N2O4. The van der Waals surface area contributed by atoms with Gasteiger partial charge in [0.1, 0.15) is 17.5 Å². The molecule has 6 nitrogen and oxygen atoms in total. The second-order valence-electron chi connectivity index (χ2n) is 8.65. The fourth-order valence-corrected chi connectivity index (χ4v) is 4.19. The van der Waals surface area contributed by atoms with E-state index >= 15 is 0 Å². The smallest absolute Gasteiger partial charge is 0.261 e. The summed E-state index contributed by atoms with van der Waals surface area (Å²) in [6, 6.07) is 13.0. The van der Waals surface area contributed by atoms with Crippen LogP contribution in [0.25, 0.3) is 0 Å². The van der Waals surface area contributed by atoms with Gasteiger partial charge in [-0.3, -0.25) is 9.59 Å². The van der Waals surface area contributed by atoms with Crippen molar-refractivity contribution in [3.05, 3.63) is 59.2 Å². The van der Waals surface area contributed by atoms with E-state index in [4.69, 9.17) is 9.47 Å². The predicted molar refractivity (Wildman–Crippen MR) is 125 cm³/mol. The highest BCUT2D eigenvalue weighted by Gasteiger charge is 2.28. The minimum Gasteiger partial charge on any atom is -0.497 e. The quantitative estimate of drug-likeness (QED) is 0.638. The highest BCUT2D eigenvalue weighted by Crippen LogP contribution is 2.20. The Morgan fingerprint density at radius 2 is 1.75 bits per heavy atom. The monoisotopic (exact) mass is 438 g/mol. The van der Waals surface area contributed by atoms with Crippen molar-refractivity contribution in [1.82, 2.24) is 10.2 Å². The lowest BCUT2D eigenvalue weighted by atomic mass is 10.1. The Hall–Kier alpha value is -3.02. The third-order valence-electron chi connectivity index (χ3n) is 5.91. The molecule has 0 unspecified atom stereocenters. The Morgan fingerprint density at radius 1 is 1.06 bits per heavy atom. The van der Waals surface area contributed by atoms with E-state index in [1.165, 1.54) is 0 Å². The average Bonchev–Trinajstić information content (AvgIpc) is 3.28. The van der Waals surface area contributed by atoms with Crippen LogP contribution in [0.3, 0.4) is 0 Å². The maximum absolute atomic E-state index is 13.2. The lowest BCUT2D eigenvalue weighted by Gasteiger charge is -2.29. The molecule has 0 saturated heterocycles. The van der Waals surface area contributed by atoms with E-state index in [2.05, 4.69) is 11.4 Å². The number of ether oxygens (including phenoxy) is 2. The van der Waals surface area contributed by atoms with Crippen LogP contribution < -0.4 is 14.8 Å². The van der Waals surface area contributed by atoms with E-state index < -0.39 is 6.04 Å². The van der Waals surface area contributed by atoms with Gasteiger partial charge in [0, 0.05) is 12.6 Å². The first-order valence-electron chi connectivity index (χ1n) is 11.3. The summed E-state index contributed by atoms with van der Waals surface area (Å²) in [5, 5.41) is 3.11. The number of benzene rings is 2. The van der Waals surface area contributed by atoms with Crippen LogP contribution in [-0.4, -0.2) is 42.5 Å². The van der Waals surface area contributed by atoms with Crippen molar-refractivity contribution in [2.75, 3.05) is 13.7 Å². The Labute approximate surface area is 190 Å². The second-order valence-corrected chi connectivity index (χ2v) is 8.65. The van der Waals surface area contributed by atoms with Crippen molar-refractivity contribution in [3.8, 4) is 11.5 Å². The number of carbonyl (C=O) groups is 2. The van der Waals surface area contributed by atoms with Crippen molar-refractivity contribution in [2.45, 2.75) is 65.1 Å². The SMILES string of the molecule is COc1cccc(CN(C(=O)COc2cc(C)cc(C)c2)[C@@H](C)C(=O)NC2CCCC2)c1. The van der Waals surface area contributed by atoms with Crippen LogP contribution >= 0.6 is 0 Å². The number of hydrogen-bond donors (Lipinski definition) is 1. The molecule has 6 heteroatoms. The van der Waals surface area contributed by atoms with Gasteiger partial charge in [0.2, 0.25) is 5.91 Å². The molecule has 3 rings (SSSR count). The van der Waals surface area contributed by atoms with Gasteiger partial charge in [-0.05, 0) is 74.6 Å². The summed E-state index contributed by atoms with van der Waals surface area (Å²) < 4.78 is 11.1. The van der Waals surface area contributed by atoms with Crippen molar-refractivity contribution in [1.29, 1.82) is 0 Å². The van der Waals surface area contributed by atoms with Crippen molar-refractivity contribution in [2.24, 2.45) is 0 Å². The maximum atomic E-state index is 13.2. The lowest BCUT2D eigenvalue weighted by Crippen LogP contribution is -2.50. The highest BCUT2D eigenvalue weighted by molar-refractivity contribution is 5.88. The van der Waals surface area contributed by atoms with Gasteiger partial charge in [0.05, 0.1) is 7.11 Å². The summed E-state index contributed by atoms with van der Waals surface area (Å²) in [5.41, 5.74) is 3.04. The van der Waals surface area contributed by atoms with Gasteiger partial charge in [-0.15, -0.1) is 0 Å². The summed E-state index contributed by atoms with van der Waals surface area (Å²) in [7, 11) is 1.61. The zero-order chi connectivity index (χ0) is 23.1. The molecule has 0 aromatic heterocycles. The lowest BCUT2D eigenvalue weighted by molar-refractivity contribution is -0.142. The van der Waals surface area contributed by atoms with Crippen LogP contribution in [0.2, 0.25) is 0 Å². The fraction of sp³-hybridized carbons (Fsp3) is 0.462. The summed E-state index contributed by atoms with van der Waals surface area (Å²) >= 11 is 0. The number of hydrogen-bond acceptors (Lipinski definition) is 4. The van der Waals surface area contributed by atoms with Crippen LogP contribution in [0.1, 0.15) is 49.3 Å². The average molecular weight is 439 g/mol. The van der Waals surface area contributed by atoms with Crippen molar-refractivity contribution < 1.29 is 19.1 Å². The van der Waals surface area contributed by atoms with Crippen LogP contribution in [0, 0.1) is 13.8 Å². The topological polar surface area (TPSA) is 67.9 Å². The number of methoxy groups -OCH3 is 1. The summed E-state index contributed by atoms with van der Waals surface area (Å²) in [5.74, 6) is 1.00. The minimum atomic E-state index is -0.614. The minimum absolute atomic E-state index is 0.125. The molecule has 2 amide bonds. The van der Waals surface area contributed by atoms with Gasteiger partial charge < -0.3 is 19.7 Å². The largest absolute Gasteiger partial charge is 0.497 e. The zero-order valence-corrected chi connectivity index (χ0v) is 19.5. The maximum Gasteiger partial charge on any atom is 0.261 e. The van der Waals surface area contributed by atoms with E-state index in [-0.39, 0.29) is 24.5 Å². The molecule has 2 aromatic rings. The number of rotatable bonds is 9. The molecule has 1 N–H and O–H groups in total. The van der Waals surface area contributed by atoms with Gasteiger partial charge in [-0.2, -0.15) is 0 Å². The fourth-order valence-electron chi connectivity index (χ4n) is 4.19. The van der Waals surface area contributed by atoms with Gasteiger partial charge in [-0.1, -0.05) is 31.0 Å². The molecule has 1 atom stereocenters. The predicted octanol–water partition coefficient (Wildman–Crippen LogP) is 4.17. The first-order chi connectivity index (χ1) is 15.4. The molecule has 1 saturated carbocycles. The second kappa shape index (κ2) is 11.0. The molecule has 1 aliphatic carbocycles. The first-order valence-corrected chi connectivity index (χ1v) is 11.3. The number of carbonyl (C=O) groups excluding carboxylic acids is 2. The van der Waals surface area contributed by atoms with E-state index in [0.717, 1.165) is 42.4 Å². The number of aryl methyl sites for hydroxylation is 2. The number of nitrogens with zero attached hydrogens (tertiary/aromatic N) is 1. The van der Waals surface area contributed by atoms with Gasteiger partial charge in [0.15, 0.2) is 6.61 Å². The summed E-state index contributed by atoms with van der Waals surface area (Å²) in [6.45, 7) is 5.93. The Kier molecular flexibility index (Phi) is 8.14. The van der Waals surface area contributed by atoms with Crippen LogP contribution in [0.5, 0.6) is 11.5 Å². The van der Waals surface area contributed by atoms with E-state index in [9.17, 15) is 9.59 Å². The Balaban J connectivity index is 1.74. The third kappa shape index (κ3) is 6.49. The normalized spacial score (nSPS) is 14.6. The van der Waals surface area contributed by atoms with E-state index in [1.54, 1.807) is 18.9 Å². The molecule has 0 spiro atoms. The number of amides is 2. The van der Waals surface area contributed by atoms with Gasteiger partial charge in [-0.25, -0.2) is 0 Å². The van der Waals surface area contributed by atoms with Crippen LogP contribution in [0.15, 0.2) is 42.5 Å². The number of nitrogens with one attached hydrogen (secondary N) is 1. The zero-order valence-electron chi connectivity index (χ0n) is 19.5. The van der Waals surface area contributed by atoms with Crippen LogP contribution in [-0.2, 0) is 16.1 Å². The molecule has 1 fully saturated rings. The molecule has 1 aliphatic rings. The molecule has 0 aliphatic heterocycles. The summed E-state index contributed by atoms with van der Waals surface area (Å²) in [4.78, 5) is 27.8. The van der Waals surface area contributed by atoms with E-state index in [1.807, 2.05) is 50.2 Å². The van der Waals surface area contributed by atoms with Crippen molar-refractivity contribution in [3.63, 3.8) is 0 Å². The molecule has 0 heterocycles. The molecule has 0 bridgehead atoms. The van der Waals surface area contributed by atoms with Crippen LogP contribution in [0.4, 0.5) is 0 Å². The standard InChI is InChI=1S/C26H34N2O4/c1-18-12-19(2)14-24(13-18)32-17-25(29)28(16-21-8-7-11-23(15-21)31-4)20(3)26(30)27-22-9-5-6-10-22/h7-8,11-15,20,22H,5-6,9-10,16-17H2,1-4H3,(H,27,30)/t20-/m0/s1. The van der Waals surface area contributed by atoms with Gasteiger partial charge in [0.25, 0.3) is 5.91 Å². The molecule has 0 radical (unpaired) electrons. The Morgan fingerprint density at radius 3 is 2.41 bits per heavy atom. The third-order valence-corrected chi connectivity index (χ3v) is 5.91. The molecular weight excluding hydrogens is 404 g/mol. The first kappa shape index (κ1) is 23.6. The highest BCUT2D eigenvalue weighted by atomic mass is 16.5. The summed E-state index contributed by atoms with van der Waals surface area (Å²) in [6.07, 6.45) is 4.27. The van der Waals surface area contributed by atoms with Crippen molar-refractivity contribution >= 4 is 11.8 Å². The molecule has 172 valence electrons. The van der Waals surface area contributed by atoms with Gasteiger partial charge >= 0.3 is 0 Å². The molecule has 2 aromatic carbocycles. The van der Waals surface area contributed by atoms with E-state index in [0.29, 0.717) is 18.0 Å². The Bertz CT molecular complexity index is 917.